The number of aliphatic hydroxyl groups excluding tert-OH is 1. The molecule has 0 fully saturated rings. The van der Waals surface area contributed by atoms with Gasteiger partial charge in [0.15, 0.2) is 0 Å². The summed E-state index contributed by atoms with van der Waals surface area (Å²) in [6.07, 6.45) is 0.255. The number of anilines is 1. The number of amides is 1. The Labute approximate surface area is 149 Å². The lowest BCUT2D eigenvalue weighted by atomic mass is 10.0. The Morgan fingerprint density at radius 3 is 3.00 bits per heavy atom. The van der Waals surface area contributed by atoms with Gasteiger partial charge in [-0.25, -0.2) is 0 Å². The molecule has 2 aromatic carbocycles. The molecule has 1 atom stereocenters. The second-order valence-electron chi connectivity index (χ2n) is 6.25. The number of carbonyl (C=O) groups is 1. The zero-order valence-corrected chi connectivity index (χ0v) is 14.6. The highest BCUT2D eigenvalue weighted by atomic mass is 32.1. The van der Waals surface area contributed by atoms with Crippen molar-refractivity contribution in [2.45, 2.75) is 12.5 Å². The number of aromatic nitrogens is 2. The third-order valence-corrected chi connectivity index (χ3v) is 5.14. The topological polar surface area (TPSA) is 78.4 Å². The van der Waals surface area contributed by atoms with Gasteiger partial charge in [0.25, 0.3) is 5.91 Å². The average Bonchev–Trinajstić information content (AvgIpc) is 3.25. The van der Waals surface area contributed by atoms with E-state index in [0.29, 0.717) is 11.1 Å². The molecule has 0 bridgehead atoms. The first-order valence-electron chi connectivity index (χ1n) is 8.14. The van der Waals surface area contributed by atoms with E-state index in [0.717, 1.165) is 35.8 Å². The van der Waals surface area contributed by atoms with E-state index in [1.165, 1.54) is 11.3 Å². The maximum absolute atomic E-state index is 12.3. The Hall–Kier alpha value is -2.51. The largest absolute Gasteiger partial charge is 0.387 e. The Morgan fingerprint density at radius 2 is 2.12 bits per heavy atom. The summed E-state index contributed by atoms with van der Waals surface area (Å²) in [7, 11) is 2.07. The van der Waals surface area contributed by atoms with Gasteiger partial charge in [0.05, 0.1) is 17.8 Å². The predicted molar refractivity (Wildman–Crippen MR) is 98.1 cm³/mol. The first-order chi connectivity index (χ1) is 12.1. The molecule has 1 aliphatic heterocycles. The van der Waals surface area contributed by atoms with Crippen LogP contribution in [0.25, 0.3) is 11.0 Å². The number of hydrogen-bond donors (Lipinski definition) is 2. The normalized spacial score (nSPS) is 14.6. The van der Waals surface area contributed by atoms with Gasteiger partial charge in [0.2, 0.25) is 0 Å². The highest BCUT2D eigenvalue weighted by Crippen LogP contribution is 2.29. The average molecular weight is 354 g/mol. The quantitative estimate of drug-likeness (QED) is 0.751. The summed E-state index contributed by atoms with van der Waals surface area (Å²) >= 11 is 1.12. The monoisotopic (exact) mass is 354 g/mol. The van der Waals surface area contributed by atoms with Crippen LogP contribution in [0.15, 0.2) is 36.4 Å². The van der Waals surface area contributed by atoms with Crippen molar-refractivity contribution in [2.75, 3.05) is 25.0 Å². The molecule has 1 aromatic heterocycles. The summed E-state index contributed by atoms with van der Waals surface area (Å²) in [5, 5.41) is 13.2. The summed E-state index contributed by atoms with van der Waals surface area (Å²) in [5.41, 5.74) is 5.29. The molecule has 3 aromatic rings. The van der Waals surface area contributed by atoms with E-state index in [1.54, 1.807) is 18.2 Å². The number of aliphatic hydroxyl groups is 1. The van der Waals surface area contributed by atoms with Crippen LogP contribution in [0.5, 0.6) is 0 Å². The third-order valence-electron chi connectivity index (χ3n) is 4.59. The fourth-order valence-electron chi connectivity index (χ4n) is 3.13. The van der Waals surface area contributed by atoms with Crippen LogP contribution < -0.4 is 10.2 Å². The molecule has 1 aliphatic rings. The molecule has 0 unspecified atom stereocenters. The SMILES string of the molecule is CN1CCc2cc([C@@H](O)CNC(=O)c3ccc4nsnc4c3)ccc21. The van der Waals surface area contributed by atoms with E-state index in [2.05, 4.69) is 26.0 Å². The number of carbonyl (C=O) groups excluding carboxylic acids is 1. The van der Waals surface area contributed by atoms with Crippen molar-refractivity contribution in [1.82, 2.24) is 14.1 Å². The maximum Gasteiger partial charge on any atom is 0.251 e. The zero-order valence-electron chi connectivity index (χ0n) is 13.8. The molecule has 0 aliphatic carbocycles. The summed E-state index contributed by atoms with van der Waals surface area (Å²) in [4.78, 5) is 14.5. The fraction of sp³-hybridized carbons (Fsp3) is 0.278. The minimum Gasteiger partial charge on any atom is -0.387 e. The second kappa shape index (κ2) is 6.42. The first kappa shape index (κ1) is 16.0. The molecule has 128 valence electrons. The summed E-state index contributed by atoms with van der Waals surface area (Å²) < 4.78 is 8.26. The van der Waals surface area contributed by atoms with Crippen molar-refractivity contribution in [3.63, 3.8) is 0 Å². The summed E-state index contributed by atoms with van der Waals surface area (Å²) in [6, 6.07) is 11.2. The van der Waals surface area contributed by atoms with Gasteiger partial charge < -0.3 is 15.3 Å². The molecule has 0 radical (unpaired) electrons. The molecule has 0 saturated carbocycles. The number of nitrogens with one attached hydrogen (secondary N) is 1. The molecule has 2 N–H and O–H groups in total. The Morgan fingerprint density at radius 1 is 1.28 bits per heavy atom. The maximum atomic E-state index is 12.3. The van der Waals surface area contributed by atoms with E-state index in [4.69, 9.17) is 0 Å². The molecular weight excluding hydrogens is 336 g/mol. The molecule has 0 saturated heterocycles. The van der Waals surface area contributed by atoms with Crippen LogP contribution in [0.1, 0.15) is 27.6 Å². The summed E-state index contributed by atoms with van der Waals surface area (Å²) in [6.45, 7) is 1.17. The Bertz CT molecular complexity index is 940. The highest BCUT2D eigenvalue weighted by molar-refractivity contribution is 7.00. The van der Waals surface area contributed by atoms with Gasteiger partial charge >= 0.3 is 0 Å². The number of hydrogen-bond acceptors (Lipinski definition) is 6. The minimum atomic E-state index is -0.732. The van der Waals surface area contributed by atoms with Crippen molar-refractivity contribution in [3.05, 3.63) is 53.1 Å². The van der Waals surface area contributed by atoms with Crippen LogP contribution in [0.3, 0.4) is 0 Å². The van der Waals surface area contributed by atoms with Crippen LogP contribution in [0, 0.1) is 0 Å². The second-order valence-corrected chi connectivity index (χ2v) is 6.78. The third kappa shape index (κ3) is 3.08. The lowest BCUT2D eigenvalue weighted by Gasteiger charge is -2.15. The van der Waals surface area contributed by atoms with Gasteiger partial charge in [-0.05, 0) is 41.8 Å². The van der Waals surface area contributed by atoms with Crippen LogP contribution in [0.2, 0.25) is 0 Å². The molecular formula is C18H18N4O2S. The lowest BCUT2D eigenvalue weighted by molar-refractivity contribution is 0.0916. The Kier molecular flexibility index (Phi) is 4.10. The van der Waals surface area contributed by atoms with E-state index >= 15 is 0 Å². The van der Waals surface area contributed by atoms with E-state index < -0.39 is 6.10 Å². The molecule has 0 spiro atoms. The number of nitrogens with zero attached hydrogens (tertiary/aromatic N) is 3. The van der Waals surface area contributed by atoms with E-state index in [9.17, 15) is 9.90 Å². The van der Waals surface area contributed by atoms with Crippen LogP contribution in [0.4, 0.5) is 5.69 Å². The molecule has 1 amide bonds. The van der Waals surface area contributed by atoms with Crippen LogP contribution in [-0.4, -0.2) is 39.9 Å². The van der Waals surface area contributed by atoms with Crippen LogP contribution in [-0.2, 0) is 6.42 Å². The van der Waals surface area contributed by atoms with E-state index in [-0.39, 0.29) is 12.5 Å². The van der Waals surface area contributed by atoms with Crippen LogP contribution >= 0.6 is 11.7 Å². The minimum absolute atomic E-state index is 0.167. The molecule has 2 heterocycles. The van der Waals surface area contributed by atoms with Crippen molar-refractivity contribution < 1.29 is 9.90 Å². The lowest BCUT2D eigenvalue weighted by Crippen LogP contribution is -2.28. The first-order valence-corrected chi connectivity index (χ1v) is 8.87. The van der Waals surface area contributed by atoms with Gasteiger partial charge in [-0.3, -0.25) is 4.79 Å². The molecule has 4 rings (SSSR count). The molecule has 25 heavy (non-hydrogen) atoms. The highest BCUT2D eigenvalue weighted by Gasteiger charge is 2.18. The van der Waals surface area contributed by atoms with Crippen molar-refractivity contribution in [3.8, 4) is 0 Å². The van der Waals surface area contributed by atoms with Crippen molar-refractivity contribution in [1.29, 1.82) is 0 Å². The zero-order chi connectivity index (χ0) is 17.4. The van der Waals surface area contributed by atoms with Crippen molar-refractivity contribution in [2.24, 2.45) is 0 Å². The number of fused-ring (bicyclic) bond motifs is 2. The smallest absolute Gasteiger partial charge is 0.251 e. The standard InChI is InChI=1S/C18H18N4O2S/c1-22-7-6-11-8-12(3-5-16(11)22)17(23)10-19-18(24)13-2-4-14-15(9-13)21-25-20-14/h2-5,8-9,17,23H,6-7,10H2,1H3,(H,19,24)/t17-/m0/s1. The van der Waals surface area contributed by atoms with Gasteiger partial charge in [-0.1, -0.05) is 12.1 Å². The fourth-order valence-corrected chi connectivity index (χ4v) is 3.64. The number of likely N-dealkylation sites (N-methyl/N-ethyl adjacent to an activating group) is 1. The number of rotatable bonds is 4. The van der Waals surface area contributed by atoms with E-state index in [1.807, 2.05) is 18.2 Å². The predicted octanol–water partition coefficient (Wildman–Crippen LogP) is 2.15. The van der Waals surface area contributed by atoms with Gasteiger partial charge in [0.1, 0.15) is 11.0 Å². The summed E-state index contributed by atoms with van der Waals surface area (Å²) in [5.74, 6) is -0.227. The molecule has 7 heteroatoms. The van der Waals surface area contributed by atoms with Gasteiger partial charge in [0, 0.05) is 31.4 Å². The Balaban J connectivity index is 1.42. The number of benzene rings is 2. The molecule has 6 nitrogen and oxygen atoms in total. The van der Waals surface area contributed by atoms with Gasteiger partial charge in [-0.2, -0.15) is 8.75 Å². The van der Waals surface area contributed by atoms with Crippen molar-refractivity contribution >= 4 is 34.4 Å². The van der Waals surface area contributed by atoms with Gasteiger partial charge in [-0.15, -0.1) is 0 Å².